The molecule has 1 aromatic heterocycles. The molecule has 17 heavy (non-hydrogen) atoms. The van der Waals surface area contributed by atoms with E-state index in [1.54, 1.807) is 11.3 Å². The molecule has 1 aromatic rings. The average molecular weight is 384 g/mol. The molecular weight excluding hydrogens is 364 g/mol. The van der Waals surface area contributed by atoms with Crippen molar-refractivity contribution >= 4 is 43.2 Å². The summed E-state index contributed by atoms with van der Waals surface area (Å²) < 4.78 is 2.25. The lowest BCUT2D eigenvalue weighted by Crippen LogP contribution is -2.36. The number of hydrogen-bond acceptors (Lipinski definition) is 3. The maximum absolute atomic E-state index is 5.92. The highest BCUT2D eigenvalue weighted by molar-refractivity contribution is 9.13. The van der Waals surface area contributed by atoms with Crippen molar-refractivity contribution in [1.29, 1.82) is 0 Å². The number of hydrogen-bond donors (Lipinski definition) is 1. The van der Waals surface area contributed by atoms with Gasteiger partial charge in [-0.3, -0.25) is 4.90 Å². The molecular formula is C12H20Br2N2S. The Morgan fingerprint density at radius 2 is 2.00 bits per heavy atom. The number of likely N-dealkylation sites (N-methyl/N-ethyl adjacent to an activating group) is 1. The zero-order chi connectivity index (χ0) is 13.2. The van der Waals surface area contributed by atoms with Crippen molar-refractivity contribution in [3.05, 3.63) is 19.2 Å². The van der Waals surface area contributed by atoms with E-state index in [1.807, 2.05) is 0 Å². The molecule has 2 nitrogen and oxygen atoms in total. The van der Waals surface area contributed by atoms with Crippen molar-refractivity contribution in [2.24, 2.45) is 11.1 Å². The van der Waals surface area contributed by atoms with Crippen molar-refractivity contribution in [2.75, 3.05) is 20.1 Å². The predicted molar refractivity (Wildman–Crippen MR) is 83.6 cm³/mol. The second-order valence-corrected chi connectivity index (χ2v) is 8.75. The molecule has 5 heteroatoms. The van der Waals surface area contributed by atoms with Gasteiger partial charge < -0.3 is 5.73 Å². The topological polar surface area (TPSA) is 29.3 Å². The van der Waals surface area contributed by atoms with Crippen LogP contribution in [0.25, 0.3) is 0 Å². The van der Waals surface area contributed by atoms with Crippen LogP contribution < -0.4 is 5.73 Å². The Kier molecular flexibility index (Phi) is 5.66. The van der Waals surface area contributed by atoms with Gasteiger partial charge in [-0.15, -0.1) is 11.3 Å². The fraction of sp³-hybridized carbons (Fsp3) is 0.667. The van der Waals surface area contributed by atoms with E-state index in [2.05, 4.69) is 70.6 Å². The molecule has 0 fully saturated rings. The third-order valence-corrected chi connectivity index (χ3v) is 5.83. The van der Waals surface area contributed by atoms with E-state index < -0.39 is 0 Å². The molecule has 0 radical (unpaired) electrons. The first-order chi connectivity index (χ1) is 7.74. The lowest BCUT2D eigenvalue weighted by Gasteiger charge is -2.32. The fourth-order valence-electron chi connectivity index (χ4n) is 1.90. The molecule has 1 atom stereocenters. The van der Waals surface area contributed by atoms with Crippen molar-refractivity contribution < 1.29 is 0 Å². The highest BCUT2D eigenvalue weighted by Crippen LogP contribution is 2.37. The van der Waals surface area contributed by atoms with Crippen molar-refractivity contribution in [2.45, 2.75) is 26.8 Å². The Balaban J connectivity index is 2.84. The molecule has 0 aliphatic heterocycles. The molecule has 0 spiro atoms. The Hall–Kier alpha value is 0.580. The maximum Gasteiger partial charge on any atom is 0.0843 e. The zero-order valence-corrected chi connectivity index (χ0v) is 14.7. The third kappa shape index (κ3) is 4.63. The van der Waals surface area contributed by atoms with Crippen LogP contribution in [0, 0.1) is 5.41 Å². The van der Waals surface area contributed by atoms with E-state index in [9.17, 15) is 0 Å². The number of thiophene rings is 1. The lowest BCUT2D eigenvalue weighted by molar-refractivity contribution is 0.178. The normalized spacial score (nSPS) is 14.4. The van der Waals surface area contributed by atoms with Crippen LogP contribution >= 0.6 is 43.2 Å². The van der Waals surface area contributed by atoms with Gasteiger partial charge in [-0.25, -0.2) is 0 Å². The largest absolute Gasteiger partial charge is 0.329 e. The molecule has 2 N–H and O–H groups in total. The van der Waals surface area contributed by atoms with E-state index >= 15 is 0 Å². The van der Waals surface area contributed by atoms with E-state index in [0.29, 0.717) is 12.6 Å². The fourth-order valence-corrected chi connectivity index (χ4v) is 4.17. The minimum absolute atomic E-state index is 0.286. The van der Waals surface area contributed by atoms with Gasteiger partial charge in [0, 0.05) is 22.4 Å². The molecule has 1 heterocycles. The van der Waals surface area contributed by atoms with Gasteiger partial charge in [0.05, 0.1) is 9.83 Å². The first kappa shape index (κ1) is 15.6. The maximum atomic E-state index is 5.92. The first-order valence-corrected chi connectivity index (χ1v) is 8.00. The number of rotatable bonds is 4. The summed E-state index contributed by atoms with van der Waals surface area (Å²) in [7, 11) is 2.14. The molecule has 0 aliphatic rings. The summed E-state index contributed by atoms with van der Waals surface area (Å²) in [6, 6.07) is 2.45. The Bertz CT molecular complexity index is 352. The molecule has 98 valence electrons. The van der Waals surface area contributed by atoms with Gasteiger partial charge in [0.25, 0.3) is 0 Å². The minimum atomic E-state index is 0.286. The predicted octanol–water partition coefficient (Wildman–Crippen LogP) is 4.25. The highest BCUT2D eigenvalue weighted by atomic mass is 79.9. The van der Waals surface area contributed by atoms with Crippen LogP contribution in [-0.2, 0) is 0 Å². The van der Waals surface area contributed by atoms with Gasteiger partial charge >= 0.3 is 0 Å². The molecule has 0 aromatic carbocycles. The van der Waals surface area contributed by atoms with Crippen molar-refractivity contribution in [3.8, 4) is 0 Å². The van der Waals surface area contributed by atoms with Gasteiger partial charge in [-0.1, -0.05) is 20.8 Å². The highest BCUT2D eigenvalue weighted by Gasteiger charge is 2.22. The summed E-state index contributed by atoms with van der Waals surface area (Å²) in [6.07, 6.45) is 0. The second-order valence-electron chi connectivity index (χ2n) is 5.50. The van der Waals surface area contributed by atoms with Crippen LogP contribution in [-0.4, -0.2) is 25.0 Å². The number of halogens is 2. The third-order valence-electron chi connectivity index (χ3n) is 2.47. The number of nitrogens with zero attached hydrogens (tertiary/aromatic N) is 1. The summed E-state index contributed by atoms with van der Waals surface area (Å²) in [4.78, 5) is 3.64. The van der Waals surface area contributed by atoms with Crippen LogP contribution in [0.2, 0.25) is 0 Å². The average Bonchev–Trinajstić information content (AvgIpc) is 2.44. The molecule has 0 saturated carbocycles. The smallest absolute Gasteiger partial charge is 0.0843 e. The van der Waals surface area contributed by atoms with Gasteiger partial charge in [0.15, 0.2) is 0 Å². The summed E-state index contributed by atoms with van der Waals surface area (Å²) in [6.45, 7) is 8.42. The van der Waals surface area contributed by atoms with E-state index in [-0.39, 0.29) is 5.41 Å². The number of nitrogens with two attached hydrogens (primary N) is 1. The molecule has 1 unspecified atom stereocenters. The molecule has 0 saturated heterocycles. The van der Waals surface area contributed by atoms with Gasteiger partial charge in [0.2, 0.25) is 0 Å². The Morgan fingerprint density at radius 1 is 1.41 bits per heavy atom. The summed E-state index contributed by atoms with van der Waals surface area (Å²) in [5.74, 6) is 0. The second kappa shape index (κ2) is 6.15. The molecule has 0 amide bonds. The van der Waals surface area contributed by atoms with E-state index in [1.165, 1.54) is 4.88 Å². The molecule has 0 aliphatic carbocycles. The van der Waals surface area contributed by atoms with Crippen LogP contribution in [0.1, 0.15) is 31.7 Å². The van der Waals surface area contributed by atoms with Gasteiger partial charge in [-0.2, -0.15) is 0 Å². The Morgan fingerprint density at radius 3 is 2.35 bits per heavy atom. The van der Waals surface area contributed by atoms with Gasteiger partial charge in [0.1, 0.15) is 0 Å². The van der Waals surface area contributed by atoms with Crippen LogP contribution in [0.15, 0.2) is 14.3 Å². The Labute approximate surface area is 125 Å². The SMILES string of the molecule is CN(CC(C)(C)C)C(CN)c1cc(Br)c(Br)s1. The summed E-state index contributed by atoms with van der Waals surface area (Å²) >= 11 is 8.81. The van der Waals surface area contributed by atoms with Crippen LogP contribution in [0.3, 0.4) is 0 Å². The van der Waals surface area contributed by atoms with Crippen molar-refractivity contribution in [3.63, 3.8) is 0 Å². The quantitative estimate of drug-likeness (QED) is 0.841. The zero-order valence-electron chi connectivity index (χ0n) is 10.8. The summed E-state index contributed by atoms with van der Waals surface area (Å²) in [5.41, 5.74) is 6.20. The van der Waals surface area contributed by atoms with Crippen molar-refractivity contribution in [1.82, 2.24) is 4.90 Å². The minimum Gasteiger partial charge on any atom is -0.329 e. The van der Waals surface area contributed by atoms with E-state index in [4.69, 9.17) is 5.73 Å². The molecule has 0 bridgehead atoms. The first-order valence-electron chi connectivity index (χ1n) is 5.59. The van der Waals surface area contributed by atoms with Crippen LogP contribution in [0.5, 0.6) is 0 Å². The molecule has 1 rings (SSSR count). The van der Waals surface area contributed by atoms with Gasteiger partial charge in [-0.05, 0) is 50.4 Å². The summed E-state index contributed by atoms with van der Waals surface area (Å²) in [5, 5.41) is 0. The van der Waals surface area contributed by atoms with Crippen LogP contribution in [0.4, 0.5) is 0 Å². The monoisotopic (exact) mass is 382 g/mol. The van der Waals surface area contributed by atoms with E-state index in [0.717, 1.165) is 14.8 Å². The lowest BCUT2D eigenvalue weighted by atomic mass is 9.95. The standard InChI is InChI=1S/C12H20Br2N2S/c1-12(2,3)7-16(4)9(6-15)10-5-8(13)11(14)17-10/h5,9H,6-7,15H2,1-4H3.